The van der Waals surface area contributed by atoms with Crippen molar-refractivity contribution in [3.8, 4) is 17.6 Å². The standard InChI is InChI=1S/C19H16ClN5O4/c1-10-12(19(27)25-18(23-10)11(8-21)9-22-25)5-17(26)24-14-7-16-15(6-13(14)20)28-3-2-4-29-16/h6-7,9,22H,2-5H2,1H3,(H,24,26). The van der Waals surface area contributed by atoms with E-state index in [1.807, 2.05) is 6.07 Å². The van der Waals surface area contributed by atoms with E-state index in [9.17, 15) is 9.59 Å². The van der Waals surface area contributed by atoms with Gasteiger partial charge in [-0.3, -0.25) is 14.7 Å². The summed E-state index contributed by atoms with van der Waals surface area (Å²) in [7, 11) is 0. The molecule has 3 heterocycles. The third-order valence-corrected chi connectivity index (χ3v) is 4.84. The summed E-state index contributed by atoms with van der Waals surface area (Å²) >= 11 is 6.26. The van der Waals surface area contributed by atoms with Gasteiger partial charge in [-0.15, -0.1) is 0 Å². The van der Waals surface area contributed by atoms with Crippen LogP contribution in [-0.2, 0) is 11.2 Å². The van der Waals surface area contributed by atoms with Gasteiger partial charge in [-0.25, -0.2) is 9.50 Å². The van der Waals surface area contributed by atoms with E-state index in [0.717, 1.165) is 10.9 Å². The molecule has 2 N–H and O–H groups in total. The van der Waals surface area contributed by atoms with Crippen molar-refractivity contribution in [2.75, 3.05) is 18.5 Å². The van der Waals surface area contributed by atoms with Crippen LogP contribution in [0.4, 0.5) is 5.69 Å². The van der Waals surface area contributed by atoms with Gasteiger partial charge >= 0.3 is 0 Å². The second-order valence-corrected chi connectivity index (χ2v) is 6.90. The van der Waals surface area contributed by atoms with E-state index in [2.05, 4.69) is 15.4 Å². The summed E-state index contributed by atoms with van der Waals surface area (Å²) in [5, 5.41) is 14.8. The molecule has 1 aromatic carbocycles. The fraction of sp³-hybridized carbons (Fsp3) is 0.263. The van der Waals surface area contributed by atoms with Gasteiger partial charge in [0, 0.05) is 36.0 Å². The molecular weight excluding hydrogens is 398 g/mol. The van der Waals surface area contributed by atoms with Crippen molar-refractivity contribution in [2.45, 2.75) is 19.8 Å². The molecule has 0 fully saturated rings. The molecule has 29 heavy (non-hydrogen) atoms. The SMILES string of the molecule is Cc1nc2c(C#N)c[nH]n2c(=O)c1CC(=O)Nc1cc2c(cc1Cl)OCCCO2. The van der Waals surface area contributed by atoms with Crippen LogP contribution in [0.3, 0.4) is 0 Å². The van der Waals surface area contributed by atoms with Crippen molar-refractivity contribution >= 4 is 28.8 Å². The van der Waals surface area contributed by atoms with Crippen molar-refractivity contribution in [1.29, 1.82) is 5.26 Å². The maximum absolute atomic E-state index is 12.7. The minimum Gasteiger partial charge on any atom is -0.490 e. The molecule has 0 atom stereocenters. The molecule has 0 aliphatic carbocycles. The number of nitriles is 1. The zero-order valence-electron chi connectivity index (χ0n) is 15.4. The van der Waals surface area contributed by atoms with Crippen molar-refractivity contribution in [2.24, 2.45) is 0 Å². The Morgan fingerprint density at radius 2 is 2.10 bits per heavy atom. The largest absolute Gasteiger partial charge is 0.490 e. The predicted molar refractivity (Wildman–Crippen MR) is 105 cm³/mol. The van der Waals surface area contributed by atoms with E-state index in [-0.39, 0.29) is 23.2 Å². The van der Waals surface area contributed by atoms with Crippen LogP contribution in [0.15, 0.2) is 23.1 Å². The van der Waals surface area contributed by atoms with Crippen LogP contribution >= 0.6 is 11.6 Å². The van der Waals surface area contributed by atoms with Gasteiger partial charge < -0.3 is 14.8 Å². The Labute approximate surface area is 169 Å². The molecule has 1 amide bonds. The highest BCUT2D eigenvalue weighted by Gasteiger charge is 2.19. The van der Waals surface area contributed by atoms with Gasteiger partial charge in [0.25, 0.3) is 5.56 Å². The first-order valence-corrected chi connectivity index (χ1v) is 9.24. The molecule has 1 aliphatic rings. The number of H-pyrrole nitrogens is 1. The van der Waals surface area contributed by atoms with Gasteiger partial charge in [0.05, 0.1) is 30.3 Å². The molecule has 148 valence electrons. The molecule has 0 radical (unpaired) electrons. The van der Waals surface area contributed by atoms with Crippen LogP contribution in [0, 0.1) is 18.3 Å². The zero-order chi connectivity index (χ0) is 20.5. The van der Waals surface area contributed by atoms with Gasteiger partial charge in [0.15, 0.2) is 17.1 Å². The number of hydrogen-bond acceptors (Lipinski definition) is 6. The lowest BCUT2D eigenvalue weighted by molar-refractivity contribution is -0.115. The first kappa shape index (κ1) is 18.8. The van der Waals surface area contributed by atoms with Crippen LogP contribution in [0.1, 0.15) is 23.2 Å². The summed E-state index contributed by atoms with van der Waals surface area (Å²) in [6, 6.07) is 5.16. The normalized spacial score (nSPS) is 13.0. The number of aromatic nitrogens is 3. The van der Waals surface area contributed by atoms with Crippen LogP contribution in [-0.4, -0.2) is 33.7 Å². The molecule has 2 aromatic heterocycles. The topological polar surface area (TPSA) is 122 Å². The zero-order valence-corrected chi connectivity index (χ0v) is 16.2. The van der Waals surface area contributed by atoms with Crippen LogP contribution in [0.2, 0.25) is 5.02 Å². The molecule has 0 spiro atoms. The number of rotatable bonds is 3. The molecule has 10 heteroatoms. The number of carbonyl (C=O) groups excluding carboxylic acids is 1. The highest BCUT2D eigenvalue weighted by atomic mass is 35.5. The van der Waals surface area contributed by atoms with Crippen molar-refractivity contribution in [1.82, 2.24) is 14.6 Å². The van der Waals surface area contributed by atoms with Gasteiger partial charge in [-0.2, -0.15) is 5.26 Å². The molecule has 9 nitrogen and oxygen atoms in total. The molecule has 0 saturated carbocycles. The molecule has 0 bridgehead atoms. The molecular formula is C19H16ClN5O4. The lowest BCUT2D eigenvalue weighted by Crippen LogP contribution is -2.26. The third kappa shape index (κ3) is 3.50. The van der Waals surface area contributed by atoms with E-state index >= 15 is 0 Å². The maximum Gasteiger partial charge on any atom is 0.276 e. The van der Waals surface area contributed by atoms with E-state index in [0.29, 0.717) is 41.1 Å². The van der Waals surface area contributed by atoms with E-state index < -0.39 is 11.5 Å². The Kier molecular flexibility index (Phi) is 4.86. The number of nitrogens with one attached hydrogen (secondary N) is 2. The number of benzene rings is 1. The Morgan fingerprint density at radius 3 is 2.83 bits per heavy atom. The average molecular weight is 414 g/mol. The van der Waals surface area contributed by atoms with Gasteiger partial charge in [0.1, 0.15) is 11.6 Å². The second-order valence-electron chi connectivity index (χ2n) is 6.49. The van der Waals surface area contributed by atoms with Crippen LogP contribution in [0.25, 0.3) is 5.65 Å². The fourth-order valence-electron chi connectivity index (χ4n) is 3.08. The monoisotopic (exact) mass is 413 g/mol. The van der Waals surface area contributed by atoms with E-state index in [1.165, 1.54) is 6.20 Å². The summed E-state index contributed by atoms with van der Waals surface area (Å²) < 4.78 is 12.3. The maximum atomic E-state index is 12.7. The average Bonchev–Trinajstić information content (AvgIpc) is 2.96. The first-order chi connectivity index (χ1) is 14.0. The van der Waals surface area contributed by atoms with Crippen LogP contribution < -0.4 is 20.3 Å². The van der Waals surface area contributed by atoms with Crippen molar-refractivity contribution in [3.05, 3.63) is 50.5 Å². The minimum absolute atomic E-state index is 0.202. The highest BCUT2D eigenvalue weighted by molar-refractivity contribution is 6.34. The smallest absolute Gasteiger partial charge is 0.276 e. The molecule has 3 aromatic rings. The van der Waals surface area contributed by atoms with E-state index in [4.69, 9.17) is 26.3 Å². The van der Waals surface area contributed by atoms with Gasteiger partial charge in [-0.1, -0.05) is 11.6 Å². The first-order valence-electron chi connectivity index (χ1n) is 8.86. The Balaban J connectivity index is 1.60. The lowest BCUT2D eigenvalue weighted by atomic mass is 10.1. The lowest BCUT2D eigenvalue weighted by Gasteiger charge is -2.13. The number of carbonyl (C=O) groups is 1. The summed E-state index contributed by atoms with van der Waals surface area (Å²) in [5.74, 6) is 0.585. The predicted octanol–water partition coefficient (Wildman–Crippen LogP) is 2.20. The Hall–Kier alpha value is -3.51. The third-order valence-electron chi connectivity index (χ3n) is 4.53. The van der Waals surface area contributed by atoms with Gasteiger partial charge in [0.2, 0.25) is 5.91 Å². The number of amides is 1. The van der Waals surface area contributed by atoms with E-state index in [1.54, 1.807) is 19.1 Å². The number of hydrogen-bond donors (Lipinski definition) is 2. The molecule has 1 aliphatic heterocycles. The molecule has 0 unspecified atom stereocenters. The number of aryl methyl sites for hydroxylation is 1. The van der Waals surface area contributed by atoms with Crippen molar-refractivity contribution in [3.63, 3.8) is 0 Å². The molecule has 0 saturated heterocycles. The summed E-state index contributed by atoms with van der Waals surface area (Å²) in [4.78, 5) is 29.6. The quantitative estimate of drug-likeness (QED) is 0.678. The van der Waals surface area contributed by atoms with Crippen LogP contribution in [0.5, 0.6) is 11.5 Å². The second kappa shape index (κ2) is 7.48. The summed E-state index contributed by atoms with van der Waals surface area (Å²) in [5.41, 5.74) is 1.00. The number of ether oxygens (including phenoxy) is 2. The fourth-order valence-corrected chi connectivity index (χ4v) is 3.28. The Bertz CT molecular complexity index is 1220. The summed E-state index contributed by atoms with van der Waals surface area (Å²) in [6.45, 7) is 2.66. The Morgan fingerprint density at radius 1 is 1.38 bits per heavy atom. The summed E-state index contributed by atoms with van der Waals surface area (Å²) in [6.07, 6.45) is 1.94. The molecule has 4 rings (SSSR count). The number of halogens is 1. The number of aromatic amines is 1. The number of nitrogens with zero attached hydrogens (tertiary/aromatic N) is 3. The number of anilines is 1. The van der Waals surface area contributed by atoms with Crippen molar-refractivity contribution < 1.29 is 14.3 Å². The highest BCUT2D eigenvalue weighted by Crippen LogP contribution is 2.37. The van der Waals surface area contributed by atoms with Gasteiger partial charge in [-0.05, 0) is 6.92 Å². The minimum atomic E-state index is -0.436. The number of fused-ring (bicyclic) bond motifs is 2.